The van der Waals surface area contributed by atoms with Gasteiger partial charge in [0.2, 0.25) is 0 Å². The van der Waals surface area contributed by atoms with Crippen LogP contribution in [0.3, 0.4) is 0 Å². The van der Waals surface area contributed by atoms with Gasteiger partial charge in [-0.2, -0.15) is 0 Å². The van der Waals surface area contributed by atoms with Crippen LogP contribution in [0.15, 0.2) is 48.1 Å². The van der Waals surface area contributed by atoms with Crippen molar-refractivity contribution in [2.24, 2.45) is 0 Å². The van der Waals surface area contributed by atoms with Gasteiger partial charge in [0, 0.05) is 31.3 Å². The molecule has 34 heavy (non-hydrogen) atoms. The highest BCUT2D eigenvalue weighted by molar-refractivity contribution is 7.13. The Morgan fingerprint density at radius 1 is 1.06 bits per heavy atom. The Kier molecular flexibility index (Phi) is 6.14. The number of hydrogen-bond donors (Lipinski definition) is 1. The van der Waals surface area contributed by atoms with Crippen molar-refractivity contribution in [2.45, 2.75) is 25.3 Å². The largest absolute Gasteiger partial charge is 0.367 e. The molecule has 2 aromatic carbocycles. The smallest absolute Gasteiger partial charge is 0.274 e. The molecular weight excluding hydrogens is 463 g/mol. The van der Waals surface area contributed by atoms with Crippen LogP contribution in [0, 0.1) is 17.5 Å². The van der Waals surface area contributed by atoms with E-state index in [4.69, 9.17) is 0 Å². The number of thiazole rings is 1. The maximum absolute atomic E-state index is 13.6. The van der Waals surface area contributed by atoms with Crippen LogP contribution in [0.1, 0.15) is 29.8 Å². The number of benzene rings is 2. The molecule has 1 aliphatic rings. The molecule has 6 nitrogen and oxygen atoms in total. The summed E-state index contributed by atoms with van der Waals surface area (Å²) in [6.45, 7) is 1.02. The zero-order valence-electron chi connectivity index (χ0n) is 18.0. The minimum Gasteiger partial charge on any atom is -0.367 e. The molecule has 1 N–H and O–H groups in total. The molecule has 3 heterocycles. The number of carbonyl (C=O) groups is 1. The van der Waals surface area contributed by atoms with Crippen molar-refractivity contribution in [3.8, 4) is 10.4 Å². The first kappa shape index (κ1) is 22.3. The molecule has 2 aromatic heterocycles. The first-order chi connectivity index (χ1) is 16.5. The lowest BCUT2D eigenvalue weighted by molar-refractivity contribution is 0.0624. The Morgan fingerprint density at radius 2 is 1.82 bits per heavy atom. The van der Waals surface area contributed by atoms with Gasteiger partial charge in [0.25, 0.3) is 5.91 Å². The zero-order chi connectivity index (χ0) is 23.7. The van der Waals surface area contributed by atoms with E-state index in [1.807, 2.05) is 4.90 Å². The van der Waals surface area contributed by atoms with Crippen LogP contribution in [-0.4, -0.2) is 44.9 Å². The monoisotopic (exact) mass is 483 g/mol. The Hall–Kier alpha value is -3.53. The van der Waals surface area contributed by atoms with Crippen molar-refractivity contribution in [1.82, 2.24) is 19.9 Å². The van der Waals surface area contributed by atoms with E-state index in [0.29, 0.717) is 29.5 Å². The van der Waals surface area contributed by atoms with Gasteiger partial charge >= 0.3 is 0 Å². The summed E-state index contributed by atoms with van der Waals surface area (Å²) in [4.78, 5) is 28.7. The Morgan fingerprint density at radius 3 is 2.62 bits per heavy atom. The van der Waals surface area contributed by atoms with Gasteiger partial charge in [0.15, 0.2) is 11.6 Å². The van der Waals surface area contributed by atoms with Gasteiger partial charge in [-0.15, -0.1) is 11.3 Å². The number of aromatic nitrogens is 3. The van der Waals surface area contributed by atoms with Crippen molar-refractivity contribution in [3.63, 3.8) is 0 Å². The van der Waals surface area contributed by atoms with Crippen LogP contribution in [0.4, 0.5) is 19.0 Å². The fourth-order valence-electron chi connectivity index (χ4n) is 4.14. The van der Waals surface area contributed by atoms with Crippen LogP contribution < -0.4 is 5.32 Å². The summed E-state index contributed by atoms with van der Waals surface area (Å²) in [6, 6.07) is 7.92. The molecule has 174 valence electrons. The highest BCUT2D eigenvalue weighted by Crippen LogP contribution is 2.30. The normalized spacial score (nSPS) is 16.1. The minimum atomic E-state index is -0.983. The summed E-state index contributed by atoms with van der Waals surface area (Å²) in [6.07, 6.45) is 4.13. The third kappa shape index (κ3) is 4.45. The van der Waals surface area contributed by atoms with E-state index in [9.17, 15) is 18.0 Å². The first-order valence-corrected chi connectivity index (χ1v) is 11.7. The number of carbonyl (C=O) groups excluding carboxylic acids is 1. The molecule has 1 saturated heterocycles. The van der Waals surface area contributed by atoms with E-state index in [1.165, 1.54) is 29.7 Å². The number of likely N-dealkylation sites (tertiary alicyclic amines) is 1. The predicted molar refractivity (Wildman–Crippen MR) is 124 cm³/mol. The van der Waals surface area contributed by atoms with Crippen LogP contribution in [0.5, 0.6) is 0 Å². The topological polar surface area (TPSA) is 71.0 Å². The highest BCUT2D eigenvalue weighted by atomic mass is 32.1. The molecule has 1 atom stereocenters. The van der Waals surface area contributed by atoms with E-state index < -0.39 is 11.6 Å². The molecule has 1 aliphatic heterocycles. The van der Waals surface area contributed by atoms with E-state index >= 15 is 0 Å². The zero-order valence-corrected chi connectivity index (χ0v) is 18.8. The summed E-state index contributed by atoms with van der Waals surface area (Å²) in [7, 11) is 0. The molecule has 0 bridgehead atoms. The summed E-state index contributed by atoms with van der Waals surface area (Å²) < 4.78 is 40.3. The van der Waals surface area contributed by atoms with Crippen LogP contribution in [-0.2, 0) is 0 Å². The maximum atomic E-state index is 13.6. The van der Waals surface area contributed by atoms with E-state index in [2.05, 4.69) is 20.3 Å². The number of anilines is 1. The Labute approximate surface area is 197 Å². The second-order valence-corrected chi connectivity index (χ2v) is 8.93. The molecule has 4 aromatic rings. The third-order valence-corrected chi connectivity index (χ3v) is 6.74. The molecule has 0 saturated carbocycles. The first-order valence-electron chi connectivity index (χ1n) is 10.9. The van der Waals surface area contributed by atoms with Gasteiger partial charge in [-0.05, 0) is 37.0 Å². The summed E-state index contributed by atoms with van der Waals surface area (Å²) in [5.74, 6) is -2.05. The average Bonchev–Trinajstić information content (AvgIpc) is 3.34. The van der Waals surface area contributed by atoms with Crippen LogP contribution in [0.2, 0.25) is 0 Å². The van der Waals surface area contributed by atoms with Gasteiger partial charge in [-0.3, -0.25) is 9.78 Å². The fraction of sp³-hybridized carbons (Fsp3) is 0.250. The van der Waals surface area contributed by atoms with Gasteiger partial charge in [0.1, 0.15) is 17.3 Å². The molecule has 0 spiro atoms. The second-order valence-electron chi connectivity index (χ2n) is 8.08. The number of amides is 1. The van der Waals surface area contributed by atoms with Crippen molar-refractivity contribution >= 4 is 34.1 Å². The summed E-state index contributed by atoms with van der Waals surface area (Å²) in [5, 5.41) is 3.18. The fourth-order valence-corrected chi connectivity index (χ4v) is 4.92. The predicted octanol–water partition coefficient (Wildman–Crippen LogP) is 5.28. The van der Waals surface area contributed by atoms with Gasteiger partial charge in [0.05, 0.1) is 27.6 Å². The number of piperidine rings is 1. The Balaban J connectivity index is 1.34. The highest BCUT2D eigenvalue weighted by Gasteiger charge is 2.30. The van der Waals surface area contributed by atoms with Gasteiger partial charge in [-0.1, -0.05) is 12.1 Å². The molecule has 1 amide bonds. The lowest BCUT2D eigenvalue weighted by Crippen LogP contribution is -2.47. The van der Waals surface area contributed by atoms with Crippen molar-refractivity contribution in [2.75, 3.05) is 18.4 Å². The van der Waals surface area contributed by atoms with Crippen LogP contribution in [0.25, 0.3) is 21.5 Å². The molecule has 1 fully saturated rings. The van der Waals surface area contributed by atoms with E-state index in [-0.39, 0.29) is 28.8 Å². The maximum Gasteiger partial charge on any atom is 0.274 e. The lowest BCUT2D eigenvalue weighted by atomic mass is 10.0. The SMILES string of the molecule is O=C(c1ncsc1-c1ccc(F)cc1)N1CCCCC1CNc1cnc2cc(F)c(F)cc2n1. The van der Waals surface area contributed by atoms with Gasteiger partial charge in [-0.25, -0.2) is 23.1 Å². The molecular formula is C24H20F3N5OS. The number of nitrogens with one attached hydrogen (secondary N) is 1. The number of halogens is 3. The van der Waals surface area contributed by atoms with Crippen molar-refractivity contribution < 1.29 is 18.0 Å². The molecule has 1 unspecified atom stereocenters. The summed E-state index contributed by atoms with van der Waals surface area (Å²) >= 11 is 1.34. The van der Waals surface area contributed by atoms with Gasteiger partial charge < -0.3 is 10.2 Å². The molecule has 0 aliphatic carbocycles. The number of nitrogens with zero attached hydrogens (tertiary/aromatic N) is 4. The molecule has 10 heteroatoms. The van der Waals surface area contributed by atoms with E-state index in [0.717, 1.165) is 37.0 Å². The lowest BCUT2D eigenvalue weighted by Gasteiger charge is -2.35. The summed E-state index contributed by atoms with van der Waals surface area (Å²) in [5.41, 5.74) is 3.22. The van der Waals surface area contributed by atoms with Crippen LogP contribution >= 0.6 is 11.3 Å². The number of hydrogen-bond acceptors (Lipinski definition) is 6. The molecule has 0 radical (unpaired) electrons. The third-order valence-electron chi connectivity index (χ3n) is 5.87. The quantitative estimate of drug-likeness (QED) is 0.418. The van der Waals surface area contributed by atoms with E-state index in [1.54, 1.807) is 17.6 Å². The molecule has 5 rings (SSSR count). The van der Waals surface area contributed by atoms with Crippen molar-refractivity contribution in [1.29, 1.82) is 0 Å². The number of fused-ring (bicyclic) bond motifs is 1. The minimum absolute atomic E-state index is 0.105. The standard InChI is InChI=1S/C24H20F3N5OS/c25-15-6-4-14(5-7-15)23-22(30-13-34-23)24(33)32-8-2-1-3-16(32)11-29-21-12-28-19-9-17(26)18(27)10-20(19)31-21/h4-7,9-10,12-13,16H,1-3,8,11H2,(H,29,31). The average molecular weight is 484 g/mol. The van der Waals surface area contributed by atoms with Crippen molar-refractivity contribution in [3.05, 3.63) is 71.3 Å². The second kappa shape index (κ2) is 9.38. The number of rotatable bonds is 5. The Bertz CT molecular complexity index is 1340.